The molecule has 0 fully saturated rings. The first-order valence-electron chi connectivity index (χ1n) is 11.1. The molecule has 0 spiro atoms. The van der Waals surface area contributed by atoms with E-state index in [1.807, 2.05) is 30.3 Å². The monoisotopic (exact) mass is 500 g/mol. The van der Waals surface area contributed by atoms with Crippen molar-refractivity contribution in [2.45, 2.75) is 12.6 Å². The molecular weight excluding hydrogens is 484 g/mol. The Kier molecular flexibility index (Phi) is 6.01. The van der Waals surface area contributed by atoms with Gasteiger partial charge in [-0.1, -0.05) is 36.4 Å². The van der Waals surface area contributed by atoms with Crippen LogP contribution >= 0.6 is 0 Å². The van der Waals surface area contributed by atoms with Crippen molar-refractivity contribution in [2.24, 2.45) is 0 Å². The number of rotatable bonds is 4. The number of hydrogen-bond donors (Lipinski definition) is 1. The maximum atomic E-state index is 15.0. The van der Waals surface area contributed by atoms with E-state index < -0.39 is 34.6 Å². The fraction of sp³-hybridized carbons (Fsp3) is 0.0714. The second kappa shape index (κ2) is 9.32. The van der Waals surface area contributed by atoms with Crippen molar-refractivity contribution in [2.75, 3.05) is 0 Å². The lowest BCUT2D eigenvalue weighted by Gasteiger charge is -2.16. The molecule has 0 saturated carbocycles. The zero-order valence-corrected chi connectivity index (χ0v) is 19.0. The van der Waals surface area contributed by atoms with Crippen molar-refractivity contribution in [3.8, 4) is 17.5 Å². The Balaban J connectivity index is 1.62. The summed E-state index contributed by atoms with van der Waals surface area (Å²) in [4.78, 5) is 21.0. The largest absolute Gasteiger partial charge is 0.417 e. The molecule has 4 aromatic rings. The van der Waals surface area contributed by atoms with Gasteiger partial charge in [-0.05, 0) is 47.0 Å². The third kappa shape index (κ3) is 4.57. The standard InChI is InChI=1S/C28H16F4N4O/c29-24-14-23(28(30,31)32)21(26-34-9-4-10-35-26)13-22(24)27(37)36-25-19-11-16(15-33)7-8-18(19)12-20(25)17-5-2-1-3-6-17/h1-11,13-14H,12H2,(H,36,37). The summed E-state index contributed by atoms with van der Waals surface area (Å²) in [5.74, 6) is -2.57. The van der Waals surface area contributed by atoms with Gasteiger partial charge in [0.15, 0.2) is 5.82 Å². The maximum absolute atomic E-state index is 15.0. The first-order valence-corrected chi connectivity index (χ1v) is 11.1. The molecule has 0 unspecified atom stereocenters. The molecule has 0 radical (unpaired) electrons. The summed E-state index contributed by atoms with van der Waals surface area (Å²) in [5.41, 5.74) is 1.29. The molecule has 0 bridgehead atoms. The van der Waals surface area contributed by atoms with E-state index in [-0.39, 0.29) is 11.9 Å². The van der Waals surface area contributed by atoms with E-state index in [4.69, 9.17) is 0 Å². The number of nitriles is 1. The molecule has 3 aromatic carbocycles. The van der Waals surface area contributed by atoms with Crippen LogP contribution in [0.15, 0.2) is 79.1 Å². The highest BCUT2D eigenvalue weighted by atomic mass is 19.4. The third-order valence-corrected chi connectivity index (χ3v) is 6.00. The van der Waals surface area contributed by atoms with Crippen molar-refractivity contribution in [3.63, 3.8) is 0 Å². The summed E-state index contributed by atoms with van der Waals surface area (Å²) in [6.07, 6.45) is -1.94. The van der Waals surface area contributed by atoms with Crippen LogP contribution in [0.3, 0.4) is 0 Å². The minimum absolute atomic E-state index is 0.281. The maximum Gasteiger partial charge on any atom is 0.417 e. The number of fused-ring (bicyclic) bond motifs is 1. The molecule has 1 heterocycles. The number of carbonyl (C=O) groups is 1. The summed E-state index contributed by atoms with van der Waals surface area (Å²) in [7, 11) is 0. The number of benzene rings is 3. The fourth-order valence-electron chi connectivity index (χ4n) is 4.29. The predicted molar refractivity (Wildman–Crippen MR) is 128 cm³/mol. The number of carbonyl (C=O) groups excluding carboxylic acids is 1. The van der Waals surface area contributed by atoms with Gasteiger partial charge in [0.25, 0.3) is 5.91 Å². The lowest BCUT2D eigenvalue weighted by atomic mass is 10.0. The number of halogens is 4. The molecule has 1 amide bonds. The Bertz CT molecular complexity index is 1590. The third-order valence-electron chi connectivity index (χ3n) is 6.00. The number of allylic oxidation sites excluding steroid dienone is 1. The summed E-state index contributed by atoms with van der Waals surface area (Å²) >= 11 is 0. The van der Waals surface area contributed by atoms with Crippen molar-refractivity contribution < 1.29 is 22.4 Å². The van der Waals surface area contributed by atoms with Crippen molar-refractivity contribution >= 4 is 17.2 Å². The molecule has 182 valence electrons. The fourth-order valence-corrected chi connectivity index (χ4v) is 4.29. The van der Waals surface area contributed by atoms with Gasteiger partial charge in [0.2, 0.25) is 0 Å². The van der Waals surface area contributed by atoms with Crippen LogP contribution in [0.2, 0.25) is 0 Å². The summed E-state index contributed by atoms with van der Waals surface area (Å²) in [6, 6.07) is 18.8. The molecule has 5 nitrogen and oxygen atoms in total. The summed E-state index contributed by atoms with van der Waals surface area (Å²) in [5, 5.41) is 12.1. The first kappa shape index (κ1) is 23.9. The van der Waals surface area contributed by atoms with Gasteiger partial charge in [0, 0.05) is 29.9 Å². The SMILES string of the molecule is N#Cc1ccc2c(c1)C(NC(=O)c1cc(-c3ncccn3)c(C(F)(F)F)cc1F)=C(c1ccccc1)C2. The van der Waals surface area contributed by atoms with Gasteiger partial charge < -0.3 is 5.32 Å². The van der Waals surface area contributed by atoms with Gasteiger partial charge in [-0.2, -0.15) is 18.4 Å². The molecule has 1 N–H and O–H groups in total. The molecule has 0 aliphatic heterocycles. The predicted octanol–water partition coefficient (Wildman–Crippen LogP) is 6.03. The van der Waals surface area contributed by atoms with E-state index in [1.165, 1.54) is 18.5 Å². The number of aromatic nitrogens is 2. The highest BCUT2D eigenvalue weighted by Gasteiger charge is 2.36. The number of hydrogen-bond acceptors (Lipinski definition) is 4. The quantitative estimate of drug-likeness (QED) is 0.347. The average Bonchev–Trinajstić information content (AvgIpc) is 3.26. The normalized spacial score (nSPS) is 12.7. The van der Waals surface area contributed by atoms with Crippen LogP contribution in [0.25, 0.3) is 22.7 Å². The van der Waals surface area contributed by atoms with Gasteiger partial charge in [0.05, 0.1) is 28.5 Å². The zero-order valence-electron chi connectivity index (χ0n) is 19.0. The Labute approximate surface area is 208 Å². The van der Waals surface area contributed by atoms with Gasteiger partial charge in [-0.3, -0.25) is 4.79 Å². The molecule has 0 atom stereocenters. The van der Waals surface area contributed by atoms with Crippen molar-refractivity contribution in [3.05, 3.63) is 118 Å². The van der Waals surface area contributed by atoms with Crippen LogP contribution in [0, 0.1) is 17.1 Å². The molecule has 1 aliphatic rings. The Morgan fingerprint density at radius 3 is 2.35 bits per heavy atom. The molecule has 1 aliphatic carbocycles. The van der Waals surface area contributed by atoms with E-state index in [0.29, 0.717) is 23.2 Å². The lowest BCUT2D eigenvalue weighted by Crippen LogP contribution is -2.24. The second-order valence-electron chi connectivity index (χ2n) is 8.28. The van der Waals surface area contributed by atoms with E-state index in [0.717, 1.165) is 22.8 Å². The van der Waals surface area contributed by atoms with Crippen LogP contribution in [0.4, 0.5) is 17.6 Å². The van der Waals surface area contributed by atoms with Crippen LogP contribution in [0.1, 0.15) is 38.2 Å². The number of alkyl halides is 3. The van der Waals surface area contributed by atoms with Gasteiger partial charge in [0.1, 0.15) is 5.82 Å². The second-order valence-corrected chi connectivity index (χ2v) is 8.28. The van der Waals surface area contributed by atoms with Crippen LogP contribution < -0.4 is 5.32 Å². The molecule has 5 rings (SSSR count). The molecule has 9 heteroatoms. The zero-order chi connectivity index (χ0) is 26.2. The minimum Gasteiger partial charge on any atom is -0.321 e. The first-order chi connectivity index (χ1) is 17.8. The van der Waals surface area contributed by atoms with Gasteiger partial charge >= 0.3 is 6.18 Å². The number of amides is 1. The Hall–Kier alpha value is -4.84. The Morgan fingerprint density at radius 2 is 1.68 bits per heavy atom. The highest BCUT2D eigenvalue weighted by Crippen LogP contribution is 2.39. The molecular formula is C28H16F4N4O. The van der Waals surface area contributed by atoms with Crippen LogP contribution in [-0.4, -0.2) is 15.9 Å². The smallest absolute Gasteiger partial charge is 0.321 e. The number of nitrogens with one attached hydrogen (secondary N) is 1. The summed E-state index contributed by atoms with van der Waals surface area (Å²) < 4.78 is 56.1. The average molecular weight is 500 g/mol. The van der Waals surface area contributed by atoms with E-state index in [9.17, 15) is 27.6 Å². The van der Waals surface area contributed by atoms with Gasteiger partial charge in [-0.15, -0.1) is 0 Å². The minimum atomic E-state index is -4.90. The van der Waals surface area contributed by atoms with Crippen molar-refractivity contribution in [1.29, 1.82) is 5.26 Å². The number of nitrogens with zero attached hydrogens (tertiary/aromatic N) is 3. The molecule has 0 saturated heterocycles. The van der Waals surface area contributed by atoms with E-state index in [1.54, 1.807) is 18.2 Å². The lowest BCUT2D eigenvalue weighted by molar-refractivity contribution is -0.137. The van der Waals surface area contributed by atoms with E-state index in [2.05, 4.69) is 21.4 Å². The van der Waals surface area contributed by atoms with E-state index >= 15 is 0 Å². The van der Waals surface area contributed by atoms with Crippen molar-refractivity contribution in [1.82, 2.24) is 15.3 Å². The Morgan fingerprint density at radius 1 is 0.946 bits per heavy atom. The van der Waals surface area contributed by atoms with Crippen LogP contribution in [0.5, 0.6) is 0 Å². The summed E-state index contributed by atoms with van der Waals surface area (Å²) in [6.45, 7) is 0. The molecule has 1 aromatic heterocycles. The highest BCUT2D eigenvalue weighted by molar-refractivity contribution is 6.07. The topological polar surface area (TPSA) is 78.7 Å². The van der Waals surface area contributed by atoms with Crippen LogP contribution in [-0.2, 0) is 12.6 Å². The van der Waals surface area contributed by atoms with Gasteiger partial charge in [-0.25, -0.2) is 14.4 Å². The molecule has 37 heavy (non-hydrogen) atoms.